The Bertz CT molecular complexity index is 282. The molecule has 0 saturated carbocycles. The number of ether oxygens (including phenoxy) is 1. The van der Waals surface area contributed by atoms with Crippen LogP contribution in [0.1, 0.15) is 25.6 Å². The van der Waals surface area contributed by atoms with Gasteiger partial charge in [-0.15, -0.1) is 0 Å². The number of hydrogen-bond acceptors (Lipinski definition) is 4. The molecule has 78 valence electrons. The first-order valence-corrected chi connectivity index (χ1v) is 4.52. The van der Waals surface area contributed by atoms with Gasteiger partial charge < -0.3 is 9.15 Å². The Balaban J connectivity index is 2.49. The summed E-state index contributed by atoms with van der Waals surface area (Å²) in [6.45, 7) is 3.68. The van der Waals surface area contributed by atoms with Gasteiger partial charge in [-0.2, -0.15) is 0 Å². The first kappa shape index (κ1) is 10.8. The Hall–Kier alpha value is -1.29. The van der Waals surface area contributed by atoms with Gasteiger partial charge in [-0.3, -0.25) is 10.1 Å². The van der Waals surface area contributed by atoms with E-state index in [0.717, 1.165) is 5.76 Å². The summed E-state index contributed by atoms with van der Waals surface area (Å²) in [4.78, 5) is 11.1. The van der Waals surface area contributed by atoms with Crippen LogP contribution in [0.2, 0.25) is 0 Å². The fraction of sp³-hybridized carbons (Fsp3) is 0.500. The standard InChI is InChI=1S/C10H15NO3/c1-7(9-5-4-6-14-9)11-8(2)10(12)13-3/h4-8,11H,1-3H3. The van der Waals surface area contributed by atoms with E-state index >= 15 is 0 Å². The van der Waals surface area contributed by atoms with E-state index in [4.69, 9.17) is 4.42 Å². The normalized spacial score (nSPS) is 14.8. The van der Waals surface area contributed by atoms with Gasteiger partial charge in [0.25, 0.3) is 0 Å². The summed E-state index contributed by atoms with van der Waals surface area (Å²) in [6.07, 6.45) is 1.61. The molecule has 1 aromatic heterocycles. The van der Waals surface area contributed by atoms with Crippen molar-refractivity contribution in [3.63, 3.8) is 0 Å². The van der Waals surface area contributed by atoms with Gasteiger partial charge in [-0.05, 0) is 26.0 Å². The number of nitrogens with one attached hydrogen (secondary N) is 1. The monoisotopic (exact) mass is 197 g/mol. The summed E-state index contributed by atoms with van der Waals surface area (Å²) in [5.74, 6) is 0.532. The topological polar surface area (TPSA) is 51.5 Å². The lowest BCUT2D eigenvalue weighted by Gasteiger charge is -2.16. The zero-order chi connectivity index (χ0) is 10.6. The van der Waals surface area contributed by atoms with Crippen molar-refractivity contribution in [3.8, 4) is 0 Å². The van der Waals surface area contributed by atoms with Gasteiger partial charge >= 0.3 is 5.97 Å². The summed E-state index contributed by atoms with van der Waals surface area (Å²) in [5, 5.41) is 3.06. The summed E-state index contributed by atoms with van der Waals surface area (Å²) in [7, 11) is 1.37. The molecular weight excluding hydrogens is 182 g/mol. The smallest absolute Gasteiger partial charge is 0.322 e. The molecule has 0 aliphatic carbocycles. The van der Waals surface area contributed by atoms with E-state index in [1.165, 1.54) is 7.11 Å². The van der Waals surface area contributed by atoms with Gasteiger partial charge in [0, 0.05) is 0 Å². The summed E-state index contributed by atoms with van der Waals surface area (Å²) < 4.78 is 9.79. The van der Waals surface area contributed by atoms with Crippen molar-refractivity contribution in [1.29, 1.82) is 0 Å². The van der Waals surface area contributed by atoms with Crippen molar-refractivity contribution in [2.75, 3.05) is 7.11 Å². The molecule has 14 heavy (non-hydrogen) atoms. The summed E-state index contributed by atoms with van der Waals surface area (Å²) >= 11 is 0. The molecule has 4 nitrogen and oxygen atoms in total. The maximum absolute atomic E-state index is 11.1. The predicted octanol–water partition coefficient (Wildman–Crippen LogP) is 1.49. The zero-order valence-corrected chi connectivity index (χ0v) is 8.61. The van der Waals surface area contributed by atoms with Gasteiger partial charge in [0.15, 0.2) is 0 Å². The molecule has 0 aromatic carbocycles. The van der Waals surface area contributed by atoms with Crippen LogP contribution >= 0.6 is 0 Å². The van der Waals surface area contributed by atoms with E-state index < -0.39 is 0 Å². The molecule has 1 rings (SSSR count). The second-order valence-corrected chi connectivity index (χ2v) is 3.15. The molecular formula is C10H15NO3. The van der Waals surface area contributed by atoms with Gasteiger partial charge in [-0.1, -0.05) is 0 Å². The Morgan fingerprint density at radius 1 is 1.57 bits per heavy atom. The van der Waals surface area contributed by atoms with E-state index in [9.17, 15) is 4.79 Å². The second kappa shape index (κ2) is 4.81. The molecule has 0 spiro atoms. The van der Waals surface area contributed by atoms with Crippen molar-refractivity contribution in [2.45, 2.75) is 25.9 Å². The third kappa shape index (κ3) is 2.60. The quantitative estimate of drug-likeness (QED) is 0.743. The van der Waals surface area contributed by atoms with Crippen molar-refractivity contribution >= 4 is 5.97 Å². The average Bonchev–Trinajstić information content (AvgIpc) is 2.69. The van der Waals surface area contributed by atoms with Crippen LogP contribution in [0.15, 0.2) is 22.8 Å². The Morgan fingerprint density at radius 2 is 2.29 bits per heavy atom. The molecule has 2 atom stereocenters. The number of esters is 1. The SMILES string of the molecule is COC(=O)C(C)NC(C)c1ccco1. The molecule has 0 bridgehead atoms. The number of hydrogen-bond donors (Lipinski definition) is 1. The third-order valence-corrected chi connectivity index (χ3v) is 2.02. The van der Waals surface area contributed by atoms with Gasteiger partial charge in [0.1, 0.15) is 11.8 Å². The van der Waals surface area contributed by atoms with E-state index in [0.29, 0.717) is 0 Å². The molecule has 0 aliphatic rings. The minimum absolute atomic E-state index is 0.000833. The minimum Gasteiger partial charge on any atom is -0.468 e. The maximum atomic E-state index is 11.1. The molecule has 0 radical (unpaired) electrons. The molecule has 4 heteroatoms. The van der Waals surface area contributed by atoms with Gasteiger partial charge in [0.2, 0.25) is 0 Å². The highest BCUT2D eigenvalue weighted by Gasteiger charge is 2.17. The van der Waals surface area contributed by atoms with Crippen LogP contribution in [0.5, 0.6) is 0 Å². The number of methoxy groups -OCH3 is 1. The molecule has 0 saturated heterocycles. The van der Waals surface area contributed by atoms with E-state index in [1.54, 1.807) is 13.2 Å². The first-order chi connectivity index (χ1) is 6.65. The fourth-order valence-corrected chi connectivity index (χ4v) is 1.24. The highest BCUT2D eigenvalue weighted by Crippen LogP contribution is 2.12. The van der Waals surface area contributed by atoms with Crippen molar-refractivity contribution < 1.29 is 13.9 Å². The second-order valence-electron chi connectivity index (χ2n) is 3.15. The number of rotatable bonds is 4. The van der Waals surface area contributed by atoms with Crippen LogP contribution in [-0.2, 0) is 9.53 Å². The van der Waals surface area contributed by atoms with Crippen LogP contribution in [-0.4, -0.2) is 19.1 Å². The largest absolute Gasteiger partial charge is 0.468 e. The van der Waals surface area contributed by atoms with Crippen LogP contribution in [0, 0.1) is 0 Å². The van der Waals surface area contributed by atoms with Crippen molar-refractivity contribution in [3.05, 3.63) is 24.2 Å². The highest BCUT2D eigenvalue weighted by molar-refractivity contribution is 5.75. The fourth-order valence-electron chi connectivity index (χ4n) is 1.24. The Labute approximate surface area is 83.2 Å². The molecule has 1 heterocycles. The molecule has 0 amide bonds. The molecule has 0 fully saturated rings. The molecule has 0 aliphatic heterocycles. The predicted molar refractivity (Wildman–Crippen MR) is 51.7 cm³/mol. The number of carbonyl (C=O) groups is 1. The Kier molecular flexibility index (Phi) is 3.71. The van der Waals surface area contributed by atoms with Crippen LogP contribution in [0.3, 0.4) is 0 Å². The summed E-state index contributed by atoms with van der Waals surface area (Å²) in [6, 6.07) is 3.34. The van der Waals surface area contributed by atoms with Gasteiger partial charge in [0.05, 0.1) is 19.4 Å². The highest BCUT2D eigenvalue weighted by atomic mass is 16.5. The zero-order valence-electron chi connectivity index (χ0n) is 8.61. The molecule has 2 unspecified atom stereocenters. The molecule has 1 N–H and O–H groups in total. The van der Waals surface area contributed by atoms with Crippen LogP contribution in [0.4, 0.5) is 0 Å². The first-order valence-electron chi connectivity index (χ1n) is 4.52. The van der Waals surface area contributed by atoms with Crippen molar-refractivity contribution in [1.82, 2.24) is 5.32 Å². The van der Waals surface area contributed by atoms with Crippen molar-refractivity contribution in [2.24, 2.45) is 0 Å². The van der Waals surface area contributed by atoms with Gasteiger partial charge in [-0.25, -0.2) is 0 Å². The van der Waals surface area contributed by atoms with Crippen LogP contribution in [0.25, 0.3) is 0 Å². The van der Waals surface area contributed by atoms with E-state index in [-0.39, 0.29) is 18.1 Å². The average molecular weight is 197 g/mol. The Morgan fingerprint density at radius 3 is 2.79 bits per heavy atom. The molecule has 1 aromatic rings. The third-order valence-electron chi connectivity index (χ3n) is 2.02. The number of carbonyl (C=O) groups excluding carboxylic acids is 1. The van der Waals surface area contributed by atoms with E-state index in [1.807, 2.05) is 19.1 Å². The lowest BCUT2D eigenvalue weighted by Crippen LogP contribution is -2.36. The van der Waals surface area contributed by atoms with Crippen LogP contribution < -0.4 is 5.32 Å². The lowest BCUT2D eigenvalue weighted by atomic mass is 10.2. The minimum atomic E-state index is -0.333. The number of furan rings is 1. The summed E-state index contributed by atoms with van der Waals surface area (Å²) in [5.41, 5.74) is 0. The maximum Gasteiger partial charge on any atom is 0.322 e. The lowest BCUT2D eigenvalue weighted by molar-refractivity contribution is -0.142. The van der Waals surface area contributed by atoms with E-state index in [2.05, 4.69) is 10.1 Å².